The van der Waals surface area contributed by atoms with Crippen molar-refractivity contribution in [2.24, 2.45) is 5.73 Å². The predicted molar refractivity (Wildman–Crippen MR) is 213 cm³/mol. The van der Waals surface area contributed by atoms with Crippen LogP contribution in [0.15, 0.2) is 134 Å². The van der Waals surface area contributed by atoms with Crippen molar-refractivity contribution in [3.8, 4) is 0 Å². The van der Waals surface area contributed by atoms with Gasteiger partial charge in [-0.05, 0) is 52.9 Å². The molecule has 12 nitrogen and oxygen atoms in total. The number of nitrogens with one attached hydrogen (secondary N) is 1. The number of amides is 1. The van der Waals surface area contributed by atoms with Gasteiger partial charge in [0.05, 0.1) is 24.6 Å². The molecule has 14 heteroatoms. The summed E-state index contributed by atoms with van der Waals surface area (Å²) in [6.45, 7) is -1.96. The Labute approximate surface area is 324 Å². The van der Waals surface area contributed by atoms with Gasteiger partial charge in [0, 0.05) is 37.8 Å². The summed E-state index contributed by atoms with van der Waals surface area (Å²) in [4.78, 5) is 29.2. The van der Waals surface area contributed by atoms with Crippen molar-refractivity contribution >= 4 is 41.0 Å². The molecule has 0 bridgehead atoms. The second-order valence-corrected chi connectivity index (χ2v) is 16.8. The molecule has 2 aromatic heterocycles. The van der Waals surface area contributed by atoms with Crippen molar-refractivity contribution in [2.45, 2.75) is 36.8 Å². The Balaban J connectivity index is 1.21. The molecule has 3 N–H and O–H groups in total. The largest absolute Gasteiger partial charge is 0.363 e. The number of aromatic nitrogens is 4. The number of carbonyl (C=O) groups excluding carboxylic acids is 1. The number of halogens is 1. The summed E-state index contributed by atoms with van der Waals surface area (Å²) in [6, 6.07) is 40.2. The van der Waals surface area contributed by atoms with Crippen molar-refractivity contribution in [1.82, 2.24) is 29.1 Å². The van der Waals surface area contributed by atoms with E-state index in [2.05, 4.69) is 56.6 Å². The molecule has 1 amide bonds. The molecule has 8 rings (SSSR count). The molecule has 0 radical (unpaired) electrons. The minimum absolute atomic E-state index is 0.0369. The van der Waals surface area contributed by atoms with E-state index in [1.165, 1.54) is 6.33 Å². The number of piperidine rings is 1. The highest BCUT2D eigenvalue weighted by Crippen LogP contribution is 2.57. The molecule has 4 aromatic carbocycles. The summed E-state index contributed by atoms with van der Waals surface area (Å²) in [7, 11) is 0. The summed E-state index contributed by atoms with van der Waals surface area (Å²) in [5.74, 6) is -0.0336. The molecule has 3 atom stereocenters. The van der Waals surface area contributed by atoms with Gasteiger partial charge >= 0.3 is 6.87 Å². The third kappa shape index (κ3) is 7.59. The highest BCUT2D eigenvalue weighted by Gasteiger charge is 2.47. The average Bonchev–Trinajstić information content (AvgIpc) is 3.68. The van der Waals surface area contributed by atoms with E-state index in [4.69, 9.17) is 31.2 Å². The lowest BCUT2D eigenvalue weighted by Crippen LogP contribution is -2.57. The molecule has 4 heterocycles. The Morgan fingerprint density at radius 2 is 1.40 bits per heavy atom. The number of morpholine rings is 1. The SMILES string of the molecule is NC1CCN(P(=O)(Cl)OC[C@@H]2CN(C(c3ccccc3)(c3ccccc3)c3ccccc3)C[C@@H](n3cnc4c(NC(=O)c5ccccc5)ncnc43)O2)CC1. The highest BCUT2D eigenvalue weighted by atomic mass is 35.7. The molecule has 55 heavy (non-hydrogen) atoms. The number of nitrogens with two attached hydrogens (primary N) is 1. The Kier molecular flexibility index (Phi) is 10.9. The van der Waals surface area contributed by atoms with Gasteiger partial charge in [-0.25, -0.2) is 19.6 Å². The van der Waals surface area contributed by atoms with Crippen LogP contribution in [0.25, 0.3) is 11.2 Å². The van der Waals surface area contributed by atoms with Gasteiger partial charge in [0.15, 0.2) is 17.0 Å². The molecule has 2 aliphatic rings. The number of rotatable bonds is 11. The fourth-order valence-corrected chi connectivity index (χ4v) is 9.57. The number of hydrogen-bond donors (Lipinski definition) is 2. The van der Waals surface area contributed by atoms with Crippen LogP contribution >= 0.6 is 18.1 Å². The second-order valence-electron chi connectivity index (χ2n) is 13.8. The van der Waals surface area contributed by atoms with Gasteiger partial charge in [-0.15, -0.1) is 0 Å². The lowest BCUT2D eigenvalue weighted by molar-refractivity contribution is -0.145. The van der Waals surface area contributed by atoms with E-state index < -0.39 is 24.7 Å². The number of ether oxygens (including phenoxy) is 1. The zero-order valence-corrected chi connectivity index (χ0v) is 31.8. The van der Waals surface area contributed by atoms with E-state index in [1.54, 1.807) is 35.3 Å². The first-order valence-electron chi connectivity index (χ1n) is 18.4. The summed E-state index contributed by atoms with van der Waals surface area (Å²) in [5, 5.41) is 2.90. The van der Waals surface area contributed by atoms with Crippen LogP contribution in [0.1, 0.15) is 46.1 Å². The lowest BCUT2D eigenvalue weighted by Gasteiger charge is -2.50. The highest BCUT2D eigenvalue weighted by molar-refractivity contribution is 7.83. The number of hydrogen-bond acceptors (Lipinski definition) is 9. The molecule has 6 aromatic rings. The monoisotopic (exact) mass is 776 g/mol. The standard InChI is InChI=1S/C41H42ClN8O4P/c42-55(52,49-23-21-34(43)22-24-49)53-27-35-25-48(41(31-15-7-2-8-16-31,32-17-9-3-10-18-32)33-19-11-4-12-20-33)26-36(54-35)50-29-46-37-38(44-28-45-39(37)50)47-40(51)30-13-5-1-6-14-30/h1-20,28-29,34-36H,21-27,43H2,(H,44,45,47,51)/t35-,36-,55?/m0/s1. The molecule has 2 saturated heterocycles. The van der Waals surface area contributed by atoms with E-state index in [1.807, 2.05) is 65.2 Å². The number of benzene rings is 4. The van der Waals surface area contributed by atoms with Crippen LogP contribution in [0.5, 0.6) is 0 Å². The summed E-state index contributed by atoms with van der Waals surface area (Å²) in [5.41, 5.74) is 9.89. The molecule has 2 aliphatic heterocycles. The van der Waals surface area contributed by atoms with E-state index in [9.17, 15) is 9.36 Å². The zero-order chi connectivity index (χ0) is 37.8. The third-order valence-electron chi connectivity index (χ3n) is 10.4. The van der Waals surface area contributed by atoms with Crippen LogP contribution in [0.4, 0.5) is 5.82 Å². The molecule has 2 fully saturated rings. The quantitative estimate of drug-likeness (QED) is 0.104. The van der Waals surface area contributed by atoms with Gasteiger partial charge in [-0.2, -0.15) is 0 Å². The number of anilines is 1. The average molecular weight is 777 g/mol. The van der Waals surface area contributed by atoms with E-state index in [-0.39, 0.29) is 24.4 Å². The molecular weight excluding hydrogens is 735 g/mol. The summed E-state index contributed by atoms with van der Waals surface area (Å²) < 4.78 is 30.4. The van der Waals surface area contributed by atoms with Crippen molar-refractivity contribution in [3.05, 3.63) is 156 Å². The number of nitrogens with zero attached hydrogens (tertiary/aromatic N) is 6. The number of imidazole rings is 1. The van der Waals surface area contributed by atoms with Crippen LogP contribution in [0.2, 0.25) is 0 Å². The summed E-state index contributed by atoms with van der Waals surface area (Å²) >= 11 is 6.70. The smallest absolute Gasteiger partial charge is 0.350 e. The molecule has 0 aliphatic carbocycles. The number of fused-ring (bicyclic) bond motifs is 1. The Morgan fingerprint density at radius 3 is 1.98 bits per heavy atom. The van der Waals surface area contributed by atoms with Gasteiger partial charge < -0.3 is 20.3 Å². The van der Waals surface area contributed by atoms with Gasteiger partial charge in [0.1, 0.15) is 12.6 Å². The van der Waals surface area contributed by atoms with Gasteiger partial charge in [-0.1, -0.05) is 109 Å². The topological polar surface area (TPSA) is 141 Å². The van der Waals surface area contributed by atoms with Crippen LogP contribution in [0.3, 0.4) is 0 Å². The lowest BCUT2D eigenvalue weighted by atomic mass is 9.75. The minimum atomic E-state index is -3.69. The first-order chi connectivity index (χ1) is 26.8. The Bertz CT molecular complexity index is 2160. The van der Waals surface area contributed by atoms with Gasteiger partial charge in [0.2, 0.25) is 0 Å². The molecule has 1 unspecified atom stereocenters. The van der Waals surface area contributed by atoms with Crippen molar-refractivity contribution < 1.29 is 18.6 Å². The maximum atomic E-state index is 13.9. The Hall–Kier alpha value is -4.78. The zero-order valence-electron chi connectivity index (χ0n) is 30.1. The molecule has 282 valence electrons. The van der Waals surface area contributed by atoms with Gasteiger partial charge in [-0.3, -0.25) is 18.8 Å². The predicted octanol–water partition coefficient (Wildman–Crippen LogP) is 7.06. The third-order valence-corrected chi connectivity index (χ3v) is 12.9. The number of carbonyl (C=O) groups is 1. The van der Waals surface area contributed by atoms with Crippen LogP contribution in [-0.4, -0.2) is 79.9 Å². The van der Waals surface area contributed by atoms with Gasteiger partial charge in [0.25, 0.3) is 5.91 Å². The van der Waals surface area contributed by atoms with Crippen molar-refractivity contribution in [3.63, 3.8) is 0 Å². The van der Waals surface area contributed by atoms with Crippen LogP contribution in [0, 0.1) is 0 Å². The second kappa shape index (κ2) is 16.1. The molecule has 0 saturated carbocycles. The van der Waals surface area contributed by atoms with E-state index in [0.29, 0.717) is 55.7 Å². The van der Waals surface area contributed by atoms with Crippen molar-refractivity contribution in [1.29, 1.82) is 0 Å². The molecular formula is C41H42ClN8O4P. The fraction of sp³-hybridized carbons (Fsp3) is 0.268. The normalized spacial score (nSPS) is 19.9. The van der Waals surface area contributed by atoms with Crippen molar-refractivity contribution in [2.75, 3.05) is 38.1 Å². The minimum Gasteiger partial charge on any atom is -0.350 e. The van der Waals surface area contributed by atoms with E-state index >= 15 is 0 Å². The first kappa shape index (κ1) is 37.2. The maximum absolute atomic E-state index is 13.9. The summed E-state index contributed by atoms with van der Waals surface area (Å²) in [6.07, 6.45) is 3.18. The van der Waals surface area contributed by atoms with E-state index in [0.717, 1.165) is 16.7 Å². The fourth-order valence-electron chi connectivity index (χ4n) is 7.73. The Morgan fingerprint density at radius 1 is 0.836 bits per heavy atom. The first-order valence-corrected chi connectivity index (χ1v) is 20.9. The van der Waals surface area contributed by atoms with Crippen LogP contribution in [-0.2, 0) is 19.4 Å². The maximum Gasteiger partial charge on any atom is 0.363 e. The molecule has 0 spiro atoms. The van der Waals surface area contributed by atoms with Crippen LogP contribution < -0.4 is 11.1 Å².